The van der Waals surface area contributed by atoms with Crippen LogP contribution in [-0.2, 0) is 18.3 Å². The Kier molecular flexibility index (Phi) is 8.70. The van der Waals surface area contributed by atoms with Gasteiger partial charge in [0.2, 0.25) is 0 Å². The van der Waals surface area contributed by atoms with Crippen molar-refractivity contribution in [1.29, 1.82) is 0 Å². The fourth-order valence-electron chi connectivity index (χ4n) is 7.98. The second-order valence-electron chi connectivity index (χ2n) is 14.1. The predicted octanol–water partition coefficient (Wildman–Crippen LogP) is 11.8. The van der Waals surface area contributed by atoms with Gasteiger partial charge in [-0.3, -0.25) is 0 Å². The molecule has 238 valence electrons. The van der Waals surface area contributed by atoms with Gasteiger partial charge >= 0.3 is 277 Å². The van der Waals surface area contributed by atoms with Crippen molar-refractivity contribution in [3.63, 3.8) is 0 Å². The van der Waals surface area contributed by atoms with Gasteiger partial charge in [-0.15, -0.1) is 0 Å². The summed E-state index contributed by atoms with van der Waals surface area (Å²) in [7, 11) is 0. The van der Waals surface area contributed by atoms with Crippen molar-refractivity contribution in [2.75, 3.05) is 0 Å². The van der Waals surface area contributed by atoms with Crippen LogP contribution >= 0.6 is 0 Å². The Labute approximate surface area is 275 Å². The fourth-order valence-corrected chi connectivity index (χ4v) is 41.0. The van der Waals surface area contributed by atoms with Crippen LogP contribution in [0.5, 0.6) is 11.5 Å². The first-order valence-corrected chi connectivity index (χ1v) is 27.4. The van der Waals surface area contributed by atoms with Crippen molar-refractivity contribution in [3.8, 4) is 11.5 Å². The van der Waals surface area contributed by atoms with Crippen molar-refractivity contribution >= 4 is 17.6 Å². The van der Waals surface area contributed by atoms with E-state index >= 15 is 0 Å². The molecule has 0 amide bonds. The van der Waals surface area contributed by atoms with Crippen molar-refractivity contribution in [2.24, 2.45) is 0 Å². The molecule has 0 N–H and O–H groups in total. The number of fused-ring (bicyclic) bond motifs is 2. The zero-order chi connectivity index (χ0) is 33.0. The number of benzene rings is 4. The molecule has 0 saturated heterocycles. The number of halogens is 2. The van der Waals surface area contributed by atoms with Gasteiger partial charge in [0, 0.05) is 0 Å². The van der Waals surface area contributed by atoms with Crippen LogP contribution in [0, 0.1) is 11.6 Å². The van der Waals surface area contributed by atoms with Crippen molar-refractivity contribution in [2.45, 2.75) is 73.7 Å². The van der Waals surface area contributed by atoms with Crippen LogP contribution in [0.1, 0.15) is 94.0 Å². The summed E-state index contributed by atoms with van der Waals surface area (Å²) in [4.78, 5) is 0. The molecule has 46 heavy (non-hydrogen) atoms. The Bertz CT molecular complexity index is 1810. The van der Waals surface area contributed by atoms with Gasteiger partial charge in [-0.05, 0) is 0 Å². The average Bonchev–Trinajstić information content (AvgIpc) is 3.54. The quantitative estimate of drug-likeness (QED) is 0.169. The first kappa shape index (κ1) is 32.8. The summed E-state index contributed by atoms with van der Waals surface area (Å²) < 4.78 is 44.1. The number of rotatable bonds is 8. The third-order valence-corrected chi connectivity index (χ3v) is 43.7. The van der Waals surface area contributed by atoms with Gasteiger partial charge < -0.3 is 0 Å². The molecule has 2 unspecified atom stereocenters. The summed E-state index contributed by atoms with van der Waals surface area (Å²) in [6, 6.07) is 26.6. The predicted molar refractivity (Wildman–Crippen MR) is 185 cm³/mol. The number of allylic oxidation sites excluding steroid dienone is 2. The van der Waals surface area contributed by atoms with Crippen molar-refractivity contribution in [1.82, 2.24) is 0 Å². The van der Waals surface area contributed by atoms with Crippen molar-refractivity contribution in [3.05, 3.63) is 141 Å². The first-order valence-electron chi connectivity index (χ1n) is 16.3. The van der Waals surface area contributed by atoms with E-state index in [4.69, 9.17) is 5.63 Å². The van der Waals surface area contributed by atoms with E-state index in [9.17, 15) is 8.78 Å². The molecule has 0 saturated carbocycles. The summed E-state index contributed by atoms with van der Waals surface area (Å²) >= 11 is -5.53. The van der Waals surface area contributed by atoms with Crippen LogP contribution in [0.2, 0.25) is 13.1 Å². The third-order valence-electron chi connectivity index (χ3n) is 10.2. The molecule has 6 heteroatoms. The summed E-state index contributed by atoms with van der Waals surface area (Å²) in [6.45, 7) is 18.0. The van der Waals surface area contributed by atoms with E-state index in [2.05, 4.69) is 103 Å². The van der Waals surface area contributed by atoms with E-state index in [0.717, 1.165) is 0 Å². The van der Waals surface area contributed by atoms with Gasteiger partial charge in [0.25, 0.3) is 0 Å². The molecule has 0 radical (unpaired) electrons. The van der Waals surface area contributed by atoms with Gasteiger partial charge in [0.15, 0.2) is 0 Å². The fraction of sp³-hybridized carbons (Fsp3) is 0.300. The standard InChI is InChI=1S/2C13H15.2C6H5FO.C2H6Si.Zr/c2*1-9(2)11-4-5-12-6-10(3)7-13(12)8-11;2*7-5-1-3-6(8)4-2-5;1-3-2;/h2*4-9H,1-3H3;2*1-4,8H;1-2H3;/q;;;;;+2/p-2. The Morgan fingerprint density at radius 3 is 1.28 bits per heavy atom. The van der Waals surface area contributed by atoms with Gasteiger partial charge in [0.05, 0.1) is 0 Å². The Morgan fingerprint density at radius 1 is 0.587 bits per heavy atom. The van der Waals surface area contributed by atoms with Crippen LogP contribution < -0.4 is 5.63 Å². The summed E-state index contributed by atoms with van der Waals surface area (Å²) in [6.07, 6.45) is 4.64. The average molecular weight is 714 g/mol. The van der Waals surface area contributed by atoms with E-state index in [1.165, 1.54) is 68.8 Å². The summed E-state index contributed by atoms with van der Waals surface area (Å²) in [5, 5.41) is 0. The molecule has 0 aromatic heterocycles. The Morgan fingerprint density at radius 2 is 0.957 bits per heavy atom. The molecule has 2 aliphatic rings. The van der Waals surface area contributed by atoms with Crippen LogP contribution in [0.25, 0.3) is 12.2 Å². The van der Waals surface area contributed by atoms with E-state index in [0.29, 0.717) is 23.3 Å². The molecular formula is C40H44F2O2SiZr. The topological polar surface area (TPSA) is 18.5 Å². The second kappa shape index (κ2) is 12.2. The molecular weight excluding hydrogens is 670 g/mol. The maximum atomic E-state index is 14.4. The molecule has 0 fully saturated rings. The zero-order valence-electron chi connectivity index (χ0n) is 28.1. The summed E-state index contributed by atoms with van der Waals surface area (Å²) in [5.41, 5.74) is 8.41. The molecule has 2 atom stereocenters. The molecule has 4 aromatic rings. The van der Waals surface area contributed by atoms with Crippen LogP contribution in [0.3, 0.4) is 0 Å². The molecule has 0 spiro atoms. The molecule has 0 aliphatic heterocycles. The van der Waals surface area contributed by atoms with Gasteiger partial charge in [0.1, 0.15) is 0 Å². The molecule has 0 bridgehead atoms. The van der Waals surface area contributed by atoms with Crippen LogP contribution in [0.15, 0.2) is 96.1 Å². The van der Waals surface area contributed by atoms with Gasteiger partial charge in [-0.25, -0.2) is 0 Å². The van der Waals surface area contributed by atoms with Crippen LogP contribution in [0.4, 0.5) is 8.78 Å². The molecule has 2 aliphatic carbocycles. The van der Waals surface area contributed by atoms with Gasteiger partial charge in [-0.1, -0.05) is 0 Å². The zero-order valence-corrected chi connectivity index (χ0v) is 31.6. The Balaban J connectivity index is 1.76. The van der Waals surface area contributed by atoms with Crippen molar-refractivity contribution < 1.29 is 32.7 Å². The van der Waals surface area contributed by atoms with Gasteiger partial charge in [-0.2, -0.15) is 0 Å². The third kappa shape index (κ3) is 5.30. The van der Waals surface area contributed by atoms with E-state index in [1.807, 2.05) is 0 Å². The second-order valence-corrected chi connectivity index (χ2v) is 39.1. The van der Waals surface area contributed by atoms with E-state index in [-0.39, 0.29) is 18.9 Å². The molecule has 6 rings (SSSR count). The Hall–Kier alpha value is -3.08. The summed E-state index contributed by atoms with van der Waals surface area (Å²) in [5.74, 6) is 1.38. The van der Waals surface area contributed by atoms with Crippen LogP contribution in [-0.4, -0.2) is 5.43 Å². The minimum absolute atomic E-state index is 0.124. The minimum atomic E-state index is -5.53. The normalized spacial score (nSPS) is 17.5. The monoisotopic (exact) mass is 712 g/mol. The maximum absolute atomic E-state index is 14.4. The molecule has 0 heterocycles. The SMILES string of the molecule is CC1=Cc2cc(C(C)C)ccc2[CH]1[Zr]([O]c1ccc(F)cc1)([O]c1ccc(F)cc1)([CH]1C(C)=Cc2cc(C(C)C)ccc21)=[Si](C)C. The number of hydrogen-bond acceptors (Lipinski definition) is 2. The van der Waals surface area contributed by atoms with E-state index in [1.54, 1.807) is 24.3 Å². The molecule has 2 nitrogen and oxygen atoms in total. The van der Waals surface area contributed by atoms with E-state index < -0.39 is 23.7 Å². The number of hydrogen-bond donors (Lipinski definition) is 0. The molecule has 4 aromatic carbocycles. The first-order chi connectivity index (χ1) is 21.8.